The second-order valence-corrected chi connectivity index (χ2v) is 8.39. The number of rotatable bonds is 2. The maximum Gasteiger partial charge on any atom is 0.257 e. The summed E-state index contributed by atoms with van der Waals surface area (Å²) in [5.74, 6) is 0.617. The van der Waals surface area contributed by atoms with Gasteiger partial charge in [0.15, 0.2) is 0 Å². The summed E-state index contributed by atoms with van der Waals surface area (Å²) >= 11 is 0. The van der Waals surface area contributed by atoms with Crippen LogP contribution in [0.2, 0.25) is 0 Å². The lowest BCUT2D eigenvalue weighted by molar-refractivity contribution is -0.138. The van der Waals surface area contributed by atoms with E-state index in [9.17, 15) is 9.59 Å². The number of benzene rings is 1. The van der Waals surface area contributed by atoms with Gasteiger partial charge in [-0.05, 0) is 37.8 Å². The largest absolute Gasteiger partial charge is 0.492 e. The third kappa shape index (κ3) is 5.73. The van der Waals surface area contributed by atoms with Crippen molar-refractivity contribution in [1.29, 1.82) is 0 Å². The van der Waals surface area contributed by atoms with E-state index in [1.54, 1.807) is 19.1 Å². The van der Waals surface area contributed by atoms with E-state index in [1.165, 1.54) is 0 Å². The summed E-state index contributed by atoms with van der Waals surface area (Å²) in [6, 6.07) is 7.45. The second kappa shape index (κ2) is 10.8. The highest BCUT2D eigenvalue weighted by Crippen LogP contribution is 2.38. The molecule has 3 rings (SSSR count). The molecule has 0 bridgehead atoms. The van der Waals surface area contributed by atoms with Crippen molar-refractivity contribution < 1.29 is 23.8 Å². The van der Waals surface area contributed by atoms with Crippen LogP contribution in [0.15, 0.2) is 24.3 Å². The fourth-order valence-corrected chi connectivity index (χ4v) is 4.23. The number of carbonyl (C=O) groups is 2. The van der Waals surface area contributed by atoms with Crippen molar-refractivity contribution in [3.8, 4) is 5.75 Å². The molecule has 1 fully saturated rings. The highest BCUT2D eigenvalue weighted by molar-refractivity contribution is 5.96. The summed E-state index contributed by atoms with van der Waals surface area (Å²) in [5, 5.41) is 0. The molecule has 0 unspecified atom stereocenters. The molecular formula is C23H34N2O5. The number of ether oxygens (including phenoxy) is 3. The molecule has 1 saturated heterocycles. The lowest BCUT2D eigenvalue weighted by Crippen LogP contribution is -2.46. The minimum atomic E-state index is -0.0553. The monoisotopic (exact) mass is 418 g/mol. The van der Waals surface area contributed by atoms with Crippen LogP contribution in [0.1, 0.15) is 42.5 Å². The van der Waals surface area contributed by atoms with Crippen molar-refractivity contribution in [2.24, 2.45) is 5.41 Å². The van der Waals surface area contributed by atoms with Gasteiger partial charge in [-0.1, -0.05) is 18.6 Å². The van der Waals surface area contributed by atoms with Gasteiger partial charge in [-0.3, -0.25) is 9.59 Å². The molecule has 7 heteroatoms. The number of likely N-dealkylation sites (N-methyl/N-ethyl adjacent to an activating group) is 1. The number of carbonyl (C=O) groups excluding carboxylic acids is 2. The Morgan fingerprint density at radius 3 is 2.63 bits per heavy atom. The highest BCUT2D eigenvalue weighted by atomic mass is 16.5. The lowest BCUT2D eigenvalue weighted by Gasteiger charge is -2.42. The van der Waals surface area contributed by atoms with Crippen LogP contribution < -0.4 is 4.74 Å². The Balaban J connectivity index is 1.75. The molecule has 1 aromatic rings. The molecule has 2 aliphatic heterocycles. The van der Waals surface area contributed by atoms with Gasteiger partial charge in [-0.2, -0.15) is 0 Å². The van der Waals surface area contributed by atoms with E-state index in [0.717, 1.165) is 32.1 Å². The second-order valence-electron chi connectivity index (χ2n) is 8.39. The summed E-state index contributed by atoms with van der Waals surface area (Å²) < 4.78 is 17.0. The normalized spacial score (nSPS) is 20.9. The van der Waals surface area contributed by atoms with E-state index in [1.807, 2.05) is 29.2 Å². The van der Waals surface area contributed by atoms with Gasteiger partial charge >= 0.3 is 0 Å². The first-order valence-electron chi connectivity index (χ1n) is 10.9. The lowest BCUT2D eigenvalue weighted by atomic mass is 9.75. The van der Waals surface area contributed by atoms with E-state index < -0.39 is 0 Å². The van der Waals surface area contributed by atoms with Gasteiger partial charge in [0.1, 0.15) is 12.4 Å². The van der Waals surface area contributed by atoms with Crippen LogP contribution in [-0.2, 0) is 14.3 Å². The Bertz CT molecular complexity index is 715. The van der Waals surface area contributed by atoms with E-state index in [2.05, 4.69) is 0 Å². The third-order valence-electron chi connectivity index (χ3n) is 6.26. The molecule has 1 spiro atoms. The zero-order valence-corrected chi connectivity index (χ0v) is 18.2. The number of piperidine rings is 1. The third-order valence-corrected chi connectivity index (χ3v) is 6.26. The summed E-state index contributed by atoms with van der Waals surface area (Å²) in [6.07, 6.45) is 4.85. The smallest absolute Gasteiger partial charge is 0.257 e. The SMILES string of the molecule is COCC(=O)N1CCC2(CCCCOCCN(C)C(=O)c3ccccc3OC2)CC1. The average molecular weight is 419 g/mol. The summed E-state index contributed by atoms with van der Waals surface area (Å²) in [5.41, 5.74) is 0.579. The molecule has 0 radical (unpaired) electrons. The topological polar surface area (TPSA) is 68.3 Å². The Morgan fingerprint density at radius 2 is 1.87 bits per heavy atom. The zero-order chi connectivity index (χ0) is 21.4. The number of hydrogen-bond acceptors (Lipinski definition) is 5. The van der Waals surface area contributed by atoms with E-state index in [-0.39, 0.29) is 23.8 Å². The Kier molecular flexibility index (Phi) is 8.10. The molecule has 2 aliphatic rings. The van der Waals surface area contributed by atoms with Crippen LogP contribution in [0.4, 0.5) is 0 Å². The number of nitrogens with zero attached hydrogens (tertiary/aromatic N) is 2. The summed E-state index contributed by atoms with van der Waals surface area (Å²) in [4.78, 5) is 28.6. The molecule has 7 nitrogen and oxygen atoms in total. The molecule has 2 heterocycles. The molecule has 0 atom stereocenters. The molecule has 0 aliphatic carbocycles. The number of methoxy groups -OCH3 is 1. The first-order valence-corrected chi connectivity index (χ1v) is 10.9. The van der Waals surface area contributed by atoms with Gasteiger partial charge in [0.2, 0.25) is 5.91 Å². The van der Waals surface area contributed by atoms with Crippen molar-refractivity contribution in [2.75, 3.05) is 60.2 Å². The number of hydrogen-bond donors (Lipinski definition) is 0. The fourth-order valence-electron chi connectivity index (χ4n) is 4.23. The number of fused-ring (bicyclic) bond motifs is 1. The summed E-state index contributed by atoms with van der Waals surface area (Å²) in [6.45, 7) is 3.90. The van der Waals surface area contributed by atoms with Crippen LogP contribution in [0.5, 0.6) is 5.75 Å². The molecule has 0 saturated carbocycles. The van der Waals surface area contributed by atoms with Crippen LogP contribution in [0.25, 0.3) is 0 Å². The van der Waals surface area contributed by atoms with Crippen molar-refractivity contribution in [2.45, 2.75) is 32.1 Å². The van der Waals surface area contributed by atoms with Gasteiger partial charge in [0, 0.05) is 45.8 Å². The van der Waals surface area contributed by atoms with Crippen molar-refractivity contribution in [1.82, 2.24) is 9.80 Å². The maximum atomic E-state index is 12.9. The minimum absolute atomic E-state index is 0.00394. The van der Waals surface area contributed by atoms with Crippen molar-refractivity contribution in [3.63, 3.8) is 0 Å². The van der Waals surface area contributed by atoms with Crippen molar-refractivity contribution >= 4 is 11.8 Å². The fraction of sp³-hybridized carbons (Fsp3) is 0.652. The standard InChI is InChI=1S/C23H34N2O5/c1-24-14-16-29-15-6-5-9-23(10-12-25(13-11-23)21(26)17-28-2)18-30-20-8-4-3-7-19(20)22(24)27/h3-4,7-8H,5-6,9-18H2,1-2H3. The number of para-hydroxylation sites is 1. The van der Waals surface area contributed by atoms with E-state index in [4.69, 9.17) is 14.2 Å². The molecule has 30 heavy (non-hydrogen) atoms. The molecule has 0 N–H and O–H groups in total. The Morgan fingerprint density at radius 1 is 1.10 bits per heavy atom. The average Bonchev–Trinajstić information content (AvgIpc) is 2.77. The number of amides is 2. The van der Waals surface area contributed by atoms with Crippen LogP contribution >= 0.6 is 0 Å². The zero-order valence-electron chi connectivity index (χ0n) is 18.2. The Labute approximate surface area is 179 Å². The maximum absolute atomic E-state index is 12.9. The Hall–Kier alpha value is -2.12. The molecule has 1 aromatic carbocycles. The van der Waals surface area contributed by atoms with E-state index >= 15 is 0 Å². The van der Waals surface area contributed by atoms with Gasteiger partial charge in [-0.25, -0.2) is 0 Å². The summed E-state index contributed by atoms with van der Waals surface area (Å²) in [7, 11) is 3.34. The first kappa shape index (κ1) is 22.6. The number of likely N-dealkylation sites (tertiary alicyclic amines) is 1. The predicted molar refractivity (Wildman–Crippen MR) is 114 cm³/mol. The van der Waals surface area contributed by atoms with Gasteiger partial charge in [0.05, 0.1) is 18.8 Å². The van der Waals surface area contributed by atoms with Gasteiger partial charge in [0.25, 0.3) is 5.91 Å². The molecule has 166 valence electrons. The van der Waals surface area contributed by atoms with Crippen LogP contribution in [0.3, 0.4) is 0 Å². The highest BCUT2D eigenvalue weighted by Gasteiger charge is 2.36. The quantitative estimate of drug-likeness (QED) is 0.739. The molecule has 2 amide bonds. The molecule has 0 aromatic heterocycles. The van der Waals surface area contributed by atoms with Crippen LogP contribution in [0, 0.1) is 5.41 Å². The predicted octanol–water partition coefficient (Wildman–Crippen LogP) is 2.59. The minimum Gasteiger partial charge on any atom is -0.492 e. The van der Waals surface area contributed by atoms with Crippen LogP contribution in [-0.4, -0.2) is 81.8 Å². The van der Waals surface area contributed by atoms with Gasteiger partial charge < -0.3 is 24.0 Å². The first-order chi connectivity index (χ1) is 14.5. The molecular weight excluding hydrogens is 384 g/mol. The van der Waals surface area contributed by atoms with Crippen molar-refractivity contribution in [3.05, 3.63) is 29.8 Å². The van der Waals surface area contributed by atoms with E-state index in [0.29, 0.717) is 50.8 Å². The van der Waals surface area contributed by atoms with Gasteiger partial charge in [-0.15, -0.1) is 0 Å².